The standard InChI is InChI=1S/C13H17N5/c1-9-5-4-6-15-11(9)8-16-12-7-10(2)17-13(14-3)18-12/h4-7H,8H2,1-3H3,(H2,14,16,17,18). The van der Waals surface area contributed by atoms with Crippen molar-refractivity contribution in [3.05, 3.63) is 41.3 Å². The van der Waals surface area contributed by atoms with Gasteiger partial charge in [-0.25, -0.2) is 4.98 Å². The number of aromatic nitrogens is 3. The molecule has 0 saturated heterocycles. The molecule has 2 aromatic rings. The summed E-state index contributed by atoms with van der Waals surface area (Å²) >= 11 is 0. The number of hydrogen-bond acceptors (Lipinski definition) is 5. The number of rotatable bonds is 4. The van der Waals surface area contributed by atoms with Crippen molar-refractivity contribution in [1.29, 1.82) is 0 Å². The van der Waals surface area contributed by atoms with Crippen molar-refractivity contribution in [1.82, 2.24) is 15.0 Å². The molecule has 18 heavy (non-hydrogen) atoms. The SMILES string of the molecule is CNc1nc(C)cc(NCc2ncccc2C)n1. The van der Waals surface area contributed by atoms with E-state index in [2.05, 4.69) is 25.6 Å². The molecule has 2 N–H and O–H groups in total. The highest BCUT2D eigenvalue weighted by Gasteiger charge is 2.02. The van der Waals surface area contributed by atoms with Gasteiger partial charge in [-0.15, -0.1) is 0 Å². The van der Waals surface area contributed by atoms with E-state index in [1.165, 1.54) is 5.56 Å². The summed E-state index contributed by atoms with van der Waals surface area (Å²) in [7, 11) is 1.81. The van der Waals surface area contributed by atoms with Gasteiger partial charge in [0.15, 0.2) is 0 Å². The maximum Gasteiger partial charge on any atom is 0.224 e. The van der Waals surface area contributed by atoms with Gasteiger partial charge in [-0.05, 0) is 25.5 Å². The highest BCUT2D eigenvalue weighted by atomic mass is 15.1. The van der Waals surface area contributed by atoms with Crippen LogP contribution in [0, 0.1) is 13.8 Å². The van der Waals surface area contributed by atoms with E-state index >= 15 is 0 Å². The number of pyridine rings is 1. The summed E-state index contributed by atoms with van der Waals surface area (Å²) in [4.78, 5) is 12.9. The first-order valence-electron chi connectivity index (χ1n) is 5.87. The molecule has 0 unspecified atom stereocenters. The average Bonchev–Trinajstić information content (AvgIpc) is 2.37. The maximum atomic E-state index is 4.34. The normalized spacial score (nSPS) is 10.2. The van der Waals surface area contributed by atoms with Crippen molar-refractivity contribution in [2.75, 3.05) is 17.7 Å². The Hall–Kier alpha value is -2.17. The fraction of sp³-hybridized carbons (Fsp3) is 0.308. The van der Waals surface area contributed by atoms with Crippen LogP contribution in [0.25, 0.3) is 0 Å². The van der Waals surface area contributed by atoms with Gasteiger partial charge in [0, 0.05) is 25.0 Å². The fourth-order valence-corrected chi connectivity index (χ4v) is 1.65. The lowest BCUT2D eigenvalue weighted by atomic mass is 10.2. The summed E-state index contributed by atoms with van der Waals surface area (Å²) in [6, 6.07) is 5.90. The van der Waals surface area contributed by atoms with Crippen molar-refractivity contribution < 1.29 is 0 Å². The molecule has 0 bridgehead atoms. The minimum atomic E-state index is 0.621. The zero-order valence-corrected chi connectivity index (χ0v) is 10.9. The molecule has 0 saturated carbocycles. The second-order valence-corrected chi connectivity index (χ2v) is 4.09. The highest BCUT2D eigenvalue weighted by Crippen LogP contribution is 2.11. The van der Waals surface area contributed by atoms with Crippen molar-refractivity contribution >= 4 is 11.8 Å². The van der Waals surface area contributed by atoms with Crippen LogP contribution in [0.3, 0.4) is 0 Å². The Morgan fingerprint density at radius 3 is 2.78 bits per heavy atom. The van der Waals surface area contributed by atoms with Gasteiger partial charge in [0.2, 0.25) is 5.95 Å². The van der Waals surface area contributed by atoms with E-state index in [1.54, 1.807) is 13.2 Å². The Morgan fingerprint density at radius 2 is 2.06 bits per heavy atom. The Labute approximate surface area is 107 Å². The fourth-order valence-electron chi connectivity index (χ4n) is 1.65. The first-order valence-corrected chi connectivity index (χ1v) is 5.87. The molecule has 0 aliphatic heterocycles. The molecule has 5 heteroatoms. The van der Waals surface area contributed by atoms with Crippen molar-refractivity contribution in [3.63, 3.8) is 0 Å². The van der Waals surface area contributed by atoms with Gasteiger partial charge in [0.05, 0.1) is 12.2 Å². The predicted molar refractivity (Wildman–Crippen MR) is 72.6 cm³/mol. The maximum absolute atomic E-state index is 4.34. The summed E-state index contributed by atoms with van der Waals surface area (Å²) in [6.45, 7) is 4.65. The van der Waals surface area contributed by atoms with Crippen LogP contribution in [0.1, 0.15) is 17.0 Å². The van der Waals surface area contributed by atoms with Crippen LogP contribution < -0.4 is 10.6 Å². The van der Waals surface area contributed by atoms with E-state index in [1.807, 2.05) is 32.0 Å². The molecule has 0 fully saturated rings. The minimum absolute atomic E-state index is 0.621. The second-order valence-electron chi connectivity index (χ2n) is 4.09. The molecular formula is C13H17N5. The molecule has 0 radical (unpaired) electrons. The number of hydrogen-bond donors (Lipinski definition) is 2. The Kier molecular flexibility index (Phi) is 3.72. The van der Waals surface area contributed by atoms with E-state index in [0.717, 1.165) is 17.2 Å². The highest BCUT2D eigenvalue weighted by molar-refractivity contribution is 5.42. The minimum Gasteiger partial charge on any atom is -0.364 e. The largest absolute Gasteiger partial charge is 0.364 e. The predicted octanol–water partition coefficient (Wildman–Crippen LogP) is 2.14. The molecule has 0 aliphatic carbocycles. The van der Waals surface area contributed by atoms with Gasteiger partial charge < -0.3 is 10.6 Å². The summed E-state index contributed by atoms with van der Waals surface area (Å²) in [5.74, 6) is 1.42. The zero-order valence-electron chi connectivity index (χ0n) is 10.9. The Bertz CT molecular complexity index is 539. The monoisotopic (exact) mass is 243 g/mol. The first kappa shape index (κ1) is 12.3. The number of anilines is 2. The molecule has 0 spiro atoms. The number of aryl methyl sites for hydroxylation is 2. The molecule has 2 aromatic heterocycles. The van der Waals surface area contributed by atoms with Crippen molar-refractivity contribution in [2.45, 2.75) is 20.4 Å². The van der Waals surface area contributed by atoms with Crippen LogP contribution in [0.4, 0.5) is 11.8 Å². The van der Waals surface area contributed by atoms with Crippen LogP contribution in [0.15, 0.2) is 24.4 Å². The molecule has 0 aromatic carbocycles. The smallest absolute Gasteiger partial charge is 0.224 e. The lowest BCUT2D eigenvalue weighted by Gasteiger charge is -2.09. The van der Waals surface area contributed by atoms with Crippen molar-refractivity contribution in [3.8, 4) is 0 Å². The molecule has 0 atom stereocenters. The number of nitrogens with zero attached hydrogens (tertiary/aromatic N) is 3. The van der Waals surface area contributed by atoms with Crippen LogP contribution >= 0.6 is 0 Å². The lowest BCUT2D eigenvalue weighted by Crippen LogP contribution is -2.07. The van der Waals surface area contributed by atoms with Gasteiger partial charge in [-0.2, -0.15) is 4.98 Å². The van der Waals surface area contributed by atoms with E-state index in [0.29, 0.717) is 12.5 Å². The van der Waals surface area contributed by atoms with E-state index < -0.39 is 0 Å². The molecule has 2 rings (SSSR count). The van der Waals surface area contributed by atoms with Crippen molar-refractivity contribution in [2.24, 2.45) is 0 Å². The number of nitrogens with one attached hydrogen (secondary N) is 2. The molecule has 0 amide bonds. The van der Waals surface area contributed by atoms with Gasteiger partial charge in [0.25, 0.3) is 0 Å². The Balaban J connectivity index is 2.11. The summed E-state index contributed by atoms with van der Waals surface area (Å²) in [5.41, 5.74) is 3.12. The Morgan fingerprint density at radius 1 is 1.22 bits per heavy atom. The second kappa shape index (κ2) is 5.44. The van der Waals surface area contributed by atoms with Gasteiger partial charge in [-0.3, -0.25) is 4.98 Å². The third-order valence-corrected chi connectivity index (χ3v) is 2.63. The molecule has 0 aliphatic rings. The lowest BCUT2D eigenvalue weighted by molar-refractivity contribution is 0.993. The van der Waals surface area contributed by atoms with E-state index in [9.17, 15) is 0 Å². The molecule has 94 valence electrons. The topological polar surface area (TPSA) is 62.7 Å². The van der Waals surface area contributed by atoms with Gasteiger partial charge in [0.1, 0.15) is 5.82 Å². The summed E-state index contributed by atoms with van der Waals surface area (Å²) < 4.78 is 0. The van der Waals surface area contributed by atoms with E-state index in [4.69, 9.17) is 0 Å². The van der Waals surface area contributed by atoms with Crippen LogP contribution in [0.5, 0.6) is 0 Å². The quantitative estimate of drug-likeness (QED) is 0.861. The zero-order chi connectivity index (χ0) is 13.0. The van der Waals surface area contributed by atoms with Gasteiger partial charge in [-0.1, -0.05) is 6.07 Å². The van der Waals surface area contributed by atoms with Crippen LogP contribution in [-0.4, -0.2) is 22.0 Å². The summed E-state index contributed by atoms with van der Waals surface area (Å²) in [6.07, 6.45) is 1.80. The molecule has 5 nitrogen and oxygen atoms in total. The molecular weight excluding hydrogens is 226 g/mol. The average molecular weight is 243 g/mol. The third-order valence-electron chi connectivity index (χ3n) is 2.63. The third kappa shape index (κ3) is 2.94. The molecule has 2 heterocycles. The van der Waals surface area contributed by atoms with E-state index in [-0.39, 0.29) is 0 Å². The first-order chi connectivity index (χ1) is 8.69. The summed E-state index contributed by atoms with van der Waals surface area (Å²) in [5, 5.41) is 6.20. The van der Waals surface area contributed by atoms with Crippen LogP contribution in [0.2, 0.25) is 0 Å². The van der Waals surface area contributed by atoms with Crippen LogP contribution in [-0.2, 0) is 6.54 Å². The van der Waals surface area contributed by atoms with Gasteiger partial charge >= 0.3 is 0 Å².